The molecule has 3 N–H and O–H groups in total. The lowest BCUT2D eigenvalue weighted by atomic mass is 10.1. The van der Waals surface area contributed by atoms with Crippen molar-refractivity contribution in [2.24, 2.45) is 5.14 Å². The SMILES string of the molecule is NS(=O)(=O)Nc1ccc(-c2ccc(C(F)(F)F)cn2)c(F)c1. The molecule has 1 heterocycles. The van der Waals surface area contributed by atoms with Gasteiger partial charge in [0, 0.05) is 11.8 Å². The van der Waals surface area contributed by atoms with E-state index < -0.39 is 27.8 Å². The third kappa shape index (κ3) is 3.92. The van der Waals surface area contributed by atoms with E-state index in [4.69, 9.17) is 5.14 Å². The van der Waals surface area contributed by atoms with E-state index in [1.807, 2.05) is 4.72 Å². The first kappa shape index (κ1) is 16.2. The molecule has 0 fully saturated rings. The molecule has 0 atom stereocenters. The largest absolute Gasteiger partial charge is 0.417 e. The van der Waals surface area contributed by atoms with E-state index in [2.05, 4.69) is 4.98 Å². The van der Waals surface area contributed by atoms with Gasteiger partial charge in [0.2, 0.25) is 0 Å². The Kier molecular flexibility index (Phi) is 4.07. The van der Waals surface area contributed by atoms with E-state index in [9.17, 15) is 26.0 Å². The van der Waals surface area contributed by atoms with Crippen LogP contribution in [0.1, 0.15) is 5.56 Å². The number of alkyl halides is 3. The number of nitrogens with two attached hydrogens (primary N) is 1. The summed E-state index contributed by atoms with van der Waals surface area (Å²) < 4.78 is 74.7. The van der Waals surface area contributed by atoms with E-state index >= 15 is 0 Å². The molecule has 0 aliphatic rings. The van der Waals surface area contributed by atoms with Gasteiger partial charge in [-0.15, -0.1) is 0 Å². The minimum atomic E-state index is -4.53. The van der Waals surface area contributed by atoms with Crippen LogP contribution in [0.5, 0.6) is 0 Å². The van der Waals surface area contributed by atoms with Gasteiger partial charge < -0.3 is 0 Å². The van der Waals surface area contributed by atoms with E-state index in [1.54, 1.807) is 0 Å². The van der Waals surface area contributed by atoms with Crippen molar-refractivity contribution in [1.82, 2.24) is 4.98 Å². The number of hydrogen-bond donors (Lipinski definition) is 2. The number of benzene rings is 1. The van der Waals surface area contributed by atoms with Gasteiger partial charge in [0.1, 0.15) is 5.82 Å². The molecule has 5 nitrogen and oxygen atoms in total. The van der Waals surface area contributed by atoms with Crippen LogP contribution in [0.2, 0.25) is 0 Å². The molecule has 0 unspecified atom stereocenters. The first-order chi connectivity index (χ1) is 10.1. The highest BCUT2D eigenvalue weighted by Crippen LogP contribution is 2.30. The standard InChI is InChI=1S/C12H9F4N3O2S/c13-10-5-8(19-22(17,20)21)2-3-9(10)11-4-1-7(6-18-11)12(14,15)16/h1-6,19H,(H2,17,20,21). The molecule has 1 aromatic heterocycles. The first-order valence-corrected chi connectivity index (χ1v) is 7.24. The lowest BCUT2D eigenvalue weighted by Crippen LogP contribution is -2.21. The number of anilines is 1. The second-order valence-electron chi connectivity index (χ2n) is 4.27. The number of pyridine rings is 1. The molecular formula is C12H9F4N3O2S. The smallest absolute Gasteiger partial charge is 0.271 e. The summed E-state index contributed by atoms with van der Waals surface area (Å²) in [6, 6.07) is 5.03. The normalized spacial score (nSPS) is 12.2. The molecule has 0 radical (unpaired) electrons. The molecule has 0 saturated heterocycles. The molecule has 1 aromatic carbocycles. The van der Waals surface area contributed by atoms with Crippen molar-refractivity contribution in [2.75, 3.05) is 4.72 Å². The van der Waals surface area contributed by atoms with Crippen molar-refractivity contribution in [1.29, 1.82) is 0 Å². The Morgan fingerprint density at radius 3 is 2.27 bits per heavy atom. The summed E-state index contributed by atoms with van der Waals surface area (Å²) in [5.41, 5.74) is -1.17. The summed E-state index contributed by atoms with van der Waals surface area (Å²) in [7, 11) is -4.05. The number of halogens is 4. The summed E-state index contributed by atoms with van der Waals surface area (Å²) >= 11 is 0. The van der Waals surface area contributed by atoms with E-state index in [0.29, 0.717) is 6.20 Å². The fourth-order valence-electron chi connectivity index (χ4n) is 1.67. The molecule has 0 aliphatic carbocycles. The quantitative estimate of drug-likeness (QED) is 0.845. The average molecular weight is 335 g/mol. The molecule has 118 valence electrons. The summed E-state index contributed by atoms with van der Waals surface area (Å²) in [5.74, 6) is -0.860. The van der Waals surface area contributed by atoms with Gasteiger partial charge in [0.25, 0.3) is 10.2 Å². The minimum absolute atomic E-state index is 0.0207. The predicted molar refractivity (Wildman–Crippen MR) is 71.4 cm³/mol. The minimum Gasteiger partial charge on any atom is -0.271 e. The van der Waals surface area contributed by atoms with Gasteiger partial charge in [-0.05, 0) is 30.3 Å². The Labute approximate surface area is 123 Å². The summed E-state index contributed by atoms with van der Waals surface area (Å²) in [5, 5.41) is 4.74. The van der Waals surface area contributed by atoms with Gasteiger partial charge in [0.05, 0.1) is 16.9 Å². The third-order valence-electron chi connectivity index (χ3n) is 2.60. The topological polar surface area (TPSA) is 85.1 Å². The van der Waals surface area contributed by atoms with Crippen molar-refractivity contribution in [2.45, 2.75) is 6.18 Å². The van der Waals surface area contributed by atoms with Crippen LogP contribution < -0.4 is 9.86 Å². The number of rotatable bonds is 3. The number of nitrogens with zero attached hydrogens (tertiary/aromatic N) is 1. The Balaban J connectivity index is 2.34. The second-order valence-corrected chi connectivity index (χ2v) is 5.57. The maximum Gasteiger partial charge on any atom is 0.417 e. The molecular weight excluding hydrogens is 326 g/mol. The highest BCUT2D eigenvalue weighted by atomic mass is 32.2. The molecule has 2 aromatic rings. The van der Waals surface area contributed by atoms with Gasteiger partial charge in [-0.25, -0.2) is 9.53 Å². The van der Waals surface area contributed by atoms with Crippen LogP contribution in [-0.4, -0.2) is 13.4 Å². The summed E-state index contributed by atoms with van der Waals surface area (Å²) in [6.45, 7) is 0. The van der Waals surface area contributed by atoms with Crippen molar-refractivity contribution in [3.05, 3.63) is 47.9 Å². The number of hydrogen-bond acceptors (Lipinski definition) is 3. The Hall–Kier alpha value is -2.20. The molecule has 0 aliphatic heterocycles. The Bertz CT molecular complexity index is 789. The van der Waals surface area contributed by atoms with Crippen LogP contribution in [0, 0.1) is 5.82 Å². The van der Waals surface area contributed by atoms with Gasteiger partial charge in [0.15, 0.2) is 0 Å². The van der Waals surface area contributed by atoms with Gasteiger partial charge in [-0.3, -0.25) is 9.71 Å². The molecule has 10 heteroatoms. The highest BCUT2D eigenvalue weighted by Gasteiger charge is 2.30. The highest BCUT2D eigenvalue weighted by molar-refractivity contribution is 7.90. The zero-order chi connectivity index (χ0) is 16.5. The number of nitrogens with one attached hydrogen (secondary N) is 1. The number of aromatic nitrogens is 1. The summed E-state index contributed by atoms with van der Waals surface area (Å²) in [6.07, 6.45) is -3.95. The van der Waals surface area contributed by atoms with E-state index in [0.717, 1.165) is 18.2 Å². The maximum absolute atomic E-state index is 13.9. The molecule has 22 heavy (non-hydrogen) atoms. The average Bonchev–Trinajstić information content (AvgIpc) is 2.36. The van der Waals surface area contributed by atoms with Crippen LogP contribution in [0.25, 0.3) is 11.3 Å². The van der Waals surface area contributed by atoms with Gasteiger partial charge >= 0.3 is 6.18 Å². The first-order valence-electron chi connectivity index (χ1n) is 5.70. The van der Waals surface area contributed by atoms with Gasteiger partial charge in [-0.1, -0.05) is 0 Å². The molecule has 0 amide bonds. The summed E-state index contributed by atoms with van der Waals surface area (Å²) in [4.78, 5) is 3.56. The van der Waals surface area contributed by atoms with E-state index in [1.165, 1.54) is 12.1 Å². The van der Waals surface area contributed by atoms with Crippen molar-refractivity contribution in [3.8, 4) is 11.3 Å². The van der Waals surface area contributed by atoms with Crippen LogP contribution in [0.3, 0.4) is 0 Å². The third-order valence-corrected chi connectivity index (χ3v) is 3.12. The van der Waals surface area contributed by atoms with Crippen molar-refractivity contribution in [3.63, 3.8) is 0 Å². The zero-order valence-corrected chi connectivity index (χ0v) is 11.5. The van der Waals surface area contributed by atoms with Gasteiger partial charge in [-0.2, -0.15) is 21.6 Å². The molecule has 0 spiro atoms. The lowest BCUT2D eigenvalue weighted by Gasteiger charge is -2.09. The van der Waals surface area contributed by atoms with Crippen LogP contribution in [0.15, 0.2) is 36.5 Å². The van der Waals surface area contributed by atoms with Crippen LogP contribution >= 0.6 is 0 Å². The molecule has 2 rings (SSSR count). The molecule has 0 bridgehead atoms. The van der Waals surface area contributed by atoms with Crippen LogP contribution in [0.4, 0.5) is 23.2 Å². The van der Waals surface area contributed by atoms with Crippen LogP contribution in [-0.2, 0) is 16.4 Å². The lowest BCUT2D eigenvalue weighted by molar-refractivity contribution is -0.137. The van der Waals surface area contributed by atoms with Crippen molar-refractivity contribution < 1.29 is 26.0 Å². The Morgan fingerprint density at radius 1 is 1.14 bits per heavy atom. The Morgan fingerprint density at radius 2 is 1.82 bits per heavy atom. The van der Waals surface area contributed by atoms with Crippen molar-refractivity contribution >= 4 is 15.9 Å². The predicted octanol–water partition coefficient (Wildman–Crippen LogP) is 2.52. The van der Waals surface area contributed by atoms with E-state index in [-0.39, 0.29) is 16.9 Å². The zero-order valence-electron chi connectivity index (χ0n) is 10.7. The second kappa shape index (κ2) is 5.54. The molecule has 0 saturated carbocycles. The maximum atomic E-state index is 13.9. The fraction of sp³-hybridized carbons (Fsp3) is 0.0833. The monoisotopic (exact) mass is 335 g/mol. The fourth-order valence-corrected chi connectivity index (χ4v) is 2.13.